The van der Waals surface area contributed by atoms with E-state index in [1.165, 1.54) is 11.3 Å². The van der Waals surface area contributed by atoms with E-state index in [0.29, 0.717) is 17.4 Å². The quantitative estimate of drug-likeness (QED) is 0.612. The molecule has 0 amide bonds. The minimum absolute atomic E-state index is 0.387. The Morgan fingerprint density at radius 1 is 1.25 bits per heavy atom. The van der Waals surface area contributed by atoms with E-state index in [0.717, 1.165) is 37.2 Å². The molecule has 0 radical (unpaired) electrons. The number of thiophene rings is 1. The lowest BCUT2D eigenvalue weighted by Gasteiger charge is -2.04. The zero-order valence-corrected chi connectivity index (χ0v) is 13.8. The van der Waals surface area contributed by atoms with Crippen molar-refractivity contribution in [3.05, 3.63) is 17.0 Å². The summed E-state index contributed by atoms with van der Waals surface area (Å²) in [6.45, 7) is 4.88. The minimum Gasteiger partial charge on any atom is -0.385 e. The van der Waals surface area contributed by atoms with Gasteiger partial charge in [0.15, 0.2) is 0 Å². The lowest BCUT2D eigenvalue weighted by Crippen LogP contribution is -2.24. The summed E-state index contributed by atoms with van der Waals surface area (Å²) in [5.74, 6) is 0. The van der Waals surface area contributed by atoms with Crippen LogP contribution < -0.4 is 10.0 Å². The monoisotopic (exact) mass is 320 g/mol. The van der Waals surface area contributed by atoms with Crippen molar-refractivity contribution >= 4 is 21.4 Å². The van der Waals surface area contributed by atoms with Crippen molar-refractivity contribution in [2.24, 2.45) is 0 Å². The van der Waals surface area contributed by atoms with E-state index in [1.807, 2.05) is 6.07 Å². The average molecular weight is 320 g/mol. The van der Waals surface area contributed by atoms with Crippen LogP contribution in [0.5, 0.6) is 0 Å². The molecule has 0 fully saturated rings. The molecule has 0 aliphatic heterocycles. The Balaban J connectivity index is 2.42. The van der Waals surface area contributed by atoms with E-state index in [4.69, 9.17) is 4.74 Å². The molecule has 5 nitrogen and oxygen atoms in total. The molecule has 0 spiro atoms. The minimum atomic E-state index is -3.36. The molecule has 1 heterocycles. The zero-order chi connectivity index (χ0) is 14.8. The molecular formula is C13H24N2O3S2. The molecule has 0 aromatic carbocycles. The van der Waals surface area contributed by atoms with Crippen LogP contribution in [0.3, 0.4) is 0 Å². The smallest absolute Gasteiger partial charge is 0.250 e. The van der Waals surface area contributed by atoms with Gasteiger partial charge in [-0.25, -0.2) is 13.1 Å². The summed E-state index contributed by atoms with van der Waals surface area (Å²) in [5, 5.41) is 3.26. The fraction of sp³-hybridized carbons (Fsp3) is 0.692. The molecule has 20 heavy (non-hydrogen) atoms. The highest BCUT2D eigenvalue weighted by atomic mass is 32.2. The summed E-state index contributed by atoms with van der Waals surface area (Å²) in [5.41, 5.74) is 0. The van der Waals surface area contributed by atoms with Crippen LogP contribution >= 0.6 is 11.3 Å². The lowest BCUT2D eigenvalue weighted by atomic mass is 10.3. The first kappa shape index (κ1) is 17.6. The molecule has 0 aliphatic carbocycles. The molecule has 0 atom stereocenters. The Hall–Kier alpha value is -0.470. The third-order valence-electron chi connectivity index (χ3n) is 2.70. The number of hydrogen-bond acceptors (Lipinski definition) is 5. The van der Waals surface area contributed by atoms with Crippen LogP contribution in [0.25, 0.3) is 0 Å². The second-order valence-corrected chi connectivity index (χ2v) is 7.66. The number of sulfonamides is 1. The Morgan fingerprint density at radius 3 is 2.75 bits per heavy atom. The number of unbranched alkanes of at least 4 members (excludes halogenated alkanes) is 1. The van der Waals surface area contributed by atoms with Crippen LogP contribution in [0.4, 0.5) is 0 Å². The lowest BCUT2D eigenvalue weighted by molar-refractivity contribution is 0.193. The molecular weight excluding hydrogens is 296 g/mol. The van der Waals surface area contributed by atoms with E-state index >= 15 is 0 Å². The number of ether oxygens (including phenoxy) is 1. The van der Waals surface area contributed by atoms with Gasteiger partial charge >= 0.3 is 0 Å². The molecule has 0 unspecified atom stereocenters. The van der Waals surface area contributed by atoms with E-state index in [9.17, 15) is 8.42 Å². The summed E-state index contributed by atoms with van der Waals surface area (Å²) in [6, 6.07) is 3.54. The summed E-state index contributed by atoms with van der Waals surface area (Å²) >= 11 is 1.32. The van der Waals surface area contributed by atoms with Gasteiger partial charge in [-0.05, 0) is 37.9 Å². The SMILES string of the molecule is CCCNCc1ccc(S(=O)(=O)NCCCCOC)s1. The summed E-state index contributed by atoms with van der Waals surface area (Å²) < 4.78 is 32.0. The Bertz CT molecular complexity index is 472. The maximum absolute atomic E-state index is 12.1. The molecule has 0 saturated carbocycles. The molecule has 1 rings (SSSR count). The topological polar surface area (TPSA) is 67.4 Å². The van der Waals surface area contributed by atoms with E-state index < -0.39 is 10.0 Å². The van der Waals surface area contributed by atoms with E-state index in [1.54, 1.807) is 13.2 Å². The van der Waals surface area contributed by atoms with Gasteiger partial charge in [0.05, 0.1) is 0 Å². The van der Waals surface area contributed by atoms with Crippen molar-refractivity contribution in [1.29, 1.82) is 0 Å². The van der Waals surface area contributed by atoms with Gasteiger partial charge in [-0.1, -0.05) is 6.92 Å². The highest BCUT2D eigenvalue weighted by molar-refractivity contribution is 7.91. The highest BCUT2D eigenvalue weighted by Gasteiger charge is 2.15. The van der Waals surface area contributed by atoms with Gasteiger partial charge in [-0.3, -0.25) is 0 Å². The predicted octanol–water partition coefficient (Wildman–Crippen LogP) is 1.95. The molecule has 0 saturated heterocycles. The molecule has 2 N–H and O–H groups in total. The van der Waals surface area contributed by atoms with Crippen molar-refractivity contribution in [2.75, 3.05) is 26.8 Å². The maximum atomic E-state index is 12.1. The third kappa shape index (κ3) is 6.32. The van der Waals surface area contributed by atoms with Crippen molar-refractivity contribution < 1.29 is 13.2 Å². The number of rotatable bonds is 11. The Labute approximate surface area is 125 Å². The molecule has 1 aromatic rings. The van der Waals surface area contributed by atoms with Crippen molar-refractivity contribution in [3.63, 3.8) is 0 Å². The second kappa shape index (κ2) is 9.46. The average Bonchev–Trinajstić information content (AvgIpc) is 2.88. The number of nitrogens with one attached hydrogen (secondary N) is 2. The molecule has 116 valence electrons. The van der Waals surface area contributed by atoms with Gasteiger partial charge in [-0.15, -0.1) is 11.3 Å². The van der Waals surface area contributed by atoms with Gasteiger partial charge in [-0.2, -0.15) is 0 Å². The molecule has 1 aromatic heterocycles. The van der Waals surface area contributed by atoms with Gasteiger partial charge in [0.2, 0.25) is 10.0 Å². The van der Waals surface area contributed by atoms with Crippen LogP contribution in [0.2, 0.25) is 0 Å². The zero-order valence-electron chi connectivity index (χ0n) is 12.1. The molecule has 0 bridgehead atoms. The third-order valence-corrected chi connectivity index (χ3v) is 5.73. The summed E-state index contributed by atoms with van der Waals surface area (Å²) in [4.78, 5) is 1.04. The first-order chi connectivity index (χ1) is 9.60. The molecule has 0 aliphatic rings. The van der Waals surface area contributed by atoms with Crippen LogP contribution in [0.1, 0.15) is 31.1 Å². The van der Waals surface area contributed by atoms with Crippen molar-refractivity contribution in [3.8, 4) is 0 Å². The van der Waals surface area contributed by atoms with E-state index in [-0.39, 0.29) is 0 Å². The largest absolute Gasteiger partial charge is 0.385 e. The normalized spacial score (nSPS) is 11.9. The molecule has 7 heteroatoms. The van der Waals surface area contributed by atoms with Crippen LogP contribution in [0, 0.1) is 0 Å². The first-order valence-electron chi connectivity index (χ1n) is 6.88. The Morgan fingerprint density at radius 2 is 2.05 bits per heavy atom. The fourth-order valence-corrected chi connectivity index (χ4v) is 4.08. The Kier molecular flexibility index (Phi) is 8.32. The van der Waals surface area contributed by atoms with Gasteiger partial charge in [0, 0.05) is 31.7 Å². The van der Waals surface area contributed by atoms with Gasteiger partial charge in [0.1, 0.15) is 4.21 Å². The summed E-state index contributed by atoms with van der Waals surface area (Å²) in [7, 11) is -1.71. The fourth-order valence-electron chi connectivity index (χ4n) is 1.64. The van der Waals surface area contributed by atoms with Crippen molar-refractivity contribution in [2.45, 2.75) is 36.9 Å². The van der Waals surface area contributed by atoms with Crippen molar-refractivity contribution in [1.82, 2.24) is 10.0 Å². The van der Waals surface area contributed by atoms with Gasteiger partial charge < -0.3 is 10.1 Å². The standard InChI is InChI=1S/C13H24N2O3S2/c1-3-8-14-11-12-6-7-13(19-12)20(16,17)15-9-4-5-10-18-2/h6-7,14-15H,3-5,8-11H2,1-2H3. The van der Waals surface area contributed by atoms with Crippen LogP contribution in [-0.2, 0) is 21.3 Å². The number of hydrogen-bond donors (Lipinski definition) is 2. The van der Waals surface area contributed by atoms with Gasteiger partial charge in [0.25, 0.3) is 0 Å². The predicted molar refractivity (Wildman–Crippen MR) is 82.6 cm³/mol. The van der Waals surface area contributed by atoms with Crippen LogP contribution in [-0.4, -0.2) is 35.2 Å². The number of methoxy groups -OCH3 is 1. The van der Waals surface area contributed by atoms with Crippen LogP contribution in [0.15, 0.2) is 16.3 Å². The first-order valence-corrected chi connectivity index (χ1v) is 9.18. The highest BCUT2D eigenvalue weighted by Crippen LogP contribution is 2.21. The maximum Gasteiger partial charge on any atom is 0.250 e. The summed E-state index contributed by atoms with van der Waals surface area (Å²) in [6.07, 6.45) is 2.71. The second-order valence-electron chi connectivity index (χ2n) is 4.50. The van der Waals surface area contributed by atoms with E-state index in [2.05, 4.69) is 17.0 Å².